The summed E-state index contributed by atoms with van der Waals surface area (Å²) in [5, 5.41) is 16.5. The van der Waals surface area contributed by atoms with Crippen LogP contribution in [0.5, 0.6) is 5.75 Å². The Kier molecular flexibility index (Phi) is 8.58. The van der Waals surface area contributed by atoms with Gasteiger partial charge in [0.25, 0.3) is 5.91 Å². The summed E-state index contributed by atoms with van der Waals surface area (Å²) in [6.45, 7) is 2.55. The zero-order valence-electron chi connectivity index (χ0n) is 24.4. The number of carbonyl (C=O) groups is 3. The van der Waals surface area contributed by atoms with Gasteiger partial charge in [-0.1, -0.05) is 24.3 Å². The van der Waals surface area contributed by atoms with E-state index in [9.17, 15) is 23.9 Å². The van der Waals surface area contributed by atoms with Crippen LogP contribution in [-0.2, 0) is 14.3 Å². The number of ether oxygens (including phenoxy) is 2. The second-order valence-corrected chi connectivity index (χ2v) is 11.7. The van der Waals surface area contributed by atoms with Gasteiger partial charge in [0.1, 0.15) is 29.4 Å². The Bertz CT molecular complexity index is 1600. The van der Waals surface area contributed by atoms with Gasteiger partial charge in [-0.2, -0.15) is 0 Å². The number of halogens is 1. The Morgan fingerprint density at radius 3 is 2.73 bits per heavy atom. The van der Waals surface area contributed by atoms with Crippen molar-refractivity contribution in [2.24, 2.45) is 5.92 Å². The number of nitrogens with zero attached hydrogens (tertiary/aromatic N) is 2. The number of aromatic nitrogens is 1. The highest BCUT2D eigenvalue weighted by Crippen LogP contribution is 2.33. The van der Waals surface area contributed by atoms with Crippen LogP contribution in [0.1, 0.15) is 53.8 Å². The molecule has 0 unspecified atom stereocenters. The van der Waals surface area contributed by atoms with Gasteiger partial charge in [0.05, 0.1) is 37.4 Å². The van der Waals surface area contributed by atoms with Gasteiger partial charge in [0.15, 0.2) is 0 Å². The minimum absolute atomic E-state index is 0.00207. The fraction of sp³-hybridized carbons (Fsp3) is 0.394. The van der Waals surface area contributed by atoms with Crippen molar-refractivity contribution in [1.29, 1.82) is 0 Å². The van der Waals surface area contributed by atoms with E-state index in [1.807, 2.05) is 25.1 Å². The normalized spacial score (nSPS) is 20.8. The lowest BCUT2D eigenvalue weighted by molar-refractivity contribution is -0.138. The van der Waals surface area contributed by atoms with Gasteiger partial charge in [-0.05, 0) is 73.2 Å². The molecule has 0 radical (unpaired) electrons. The summed E-state index contributed by atoms with van der Waals surface area (Å²) < 4.78 is 24.7. The van der Waals surface area contributed by atoms with Gasteiger partial charge in [-0.3, -0.25) is 14.4 Å². The number of amides is 3. The number of fused-ring (bicyclic) bond motifs is 1. The maximum absolute atomic E-state index is 13.5. The van der Waals surface area contributed by atoms with Crippen LogP contribution in [0.3, 0.4) is 0 Å². The van der Waals surface area contributed by atoms with Crippen molar-refractivity contribution in [2.45, 2.75) is 50.5 Å². The topological polar surface area (TPSA) is 130 Å². The van der Waals surface area contributed by atoms with E-state index >= 15 is 0 Å². The number of allylic oxidation sites excluding steroid dienone is 1. The molecule has 3 atom stereocenters. The van der Waals surface area contributed by atoms with Crippen LogP contribution in [0.15, 0.2) is 54.6 Å². The number of aliphatic hydroxyl groups is 1. The molecule has 2 aliphatic heterocycles. The van der Waals surface area contributed by atoms with Crippen LogP contribution in [0.25, 0.3) is 17.0 Å². The smallest absolute Gasteiger partial charge is 0.270 e. The summed E-state index contributed by atoms with van der Waals surface area (Å²) in [4.78, 5) is 44.9. The molecule has 2 aromatic carbocycles. The lowest BCUT2D eigenvalue weighted by atomic mass is 9.99. The number of aliphatic hydroxyl groups excluding tert-OH is 1. The van der Waals surface area contributed by atoms with Crippen LogP contribution in [-0.4, -0.2) is 77.3 Å². The zero-order chi connectivity index (χ0) is 30.8. The molecule has 2 saturated heterocycles. The Balaban J connectivity index is 1.10. The molecular formula is C33H35FN4O6. The van der Waals surface area contributed by atoms with E-state index in [1.54, 1.807) is 6.07 Å². The number of hydrogen-bond donors (Lipinski definition) is 3. The maximum Gasteiger partial charge on any atom is 0.270 e. The highest BCUT2D eigenvalue weighted by Gasteiger charge is 2.39. The number of carbonyl (C=O) groups excluding carboxylic acids is 3. The summed E-state index contributed by atoms with van der Waals surface area (Å²) >= 11 is 0. The largest absolute Gasteiger partial charge is 0.486 e. The first-order valence-corrected chi connectivity index (χ1v) is 14.9. The van der Waals surface area contributed by atoms with E-state index in [-0.39, 0.29) is 31.3 Å². The molecule has 3 fully saturated rings. The third-order valence-electron chi connectivity index (χ3n) is 8.15. The van der Waals surface area contributed by atoms with Crippen LogP contribution in [0.2, 0.25) is 0 Å². The molecule has 3 amide bonds. The molecule has 1 aliphatic carbocycles. The molecule has 6 rings (SSSR count). The van der Waals surface area contributed by atoms with Crippen LogP contribution in [0.4, 0.5) is 4.39 Å². The predicted molar refractivity (Wildman–Crippen MR) is 160 cm³/mol. The van der Waals surface area contributed by atoms with E-state index in [0.29, 0.717) is 35.8 Å². The van der Waals surface area contributed by atoms with Gasteiger partial charge in [0.2, 0.25) is 11.8 Å². The lowest BCUT2D eigenvalue weighted by Crippen LogP contribution is -2.49. The van der Waals surface area contributed by atoms with Crippen LogP contribution in [0, 0.1) is 11.7 Å². The minimum Gasteiger partial charge on any atom is -0.486 e. The number of rotatable bonds is 10. The standard InChI is InChI=1S/C33H35FN4O6/c1-19(27-14-25(44-26-17-43-18-26)9-6-21(27)5-4-20-2-3-20)36-33(42)30-13-24(39)16-38(30)31(40)15-35-32(41)29-10-7-22-12-23(34)8-11-28(22)37-29/h4-12,14,19-20,24,26,30,39H,2-3,13,15-18H2,1H3,(H,35,41)(H,36,42)/b5-4+/t19-,24+,30-/m0/s1. The zero-order valence-corrected chi connectivity index (χ0v) is 24.4. The average Bonchev–Trinajstić information content (AvgIpc) is 3.74. The van der Waals surface area contributed by atoms with E-state index < -0.39 is 41.7 Å². The Labute approximate surface area is 254 Å². The van der Waals surface area contributed by atoms with Gasteiger partial charge in [-0.25, -0.2) is 9.37 Å². The predicted octanol–water partition coefficient (Wildman–Crippen LogP) is 3.14. The second-order valence-electron chi connectivity index (χ2n) is 11.7. The summed E-state index contributed by atoms with van der Waals surface area (Å²) in [7, 11) is 0. The molecule has 10 nitrogen and oxygen atoms in total. The third-order valence-corrected chi connectivity index (χ3v) is 8.15. The lowest BCUT2D eigenvalue weighted by Gasteiger charge is -2.28. The number of hydrogen-bond acceptors (Lipinski definition) is 7. The molecule has 3 N–H and O–H groups in total. The van der Waals surface area contributed by atoms with E-state index in [0.717, 1.165) is 11.1 Å². The van der Waals surface area contributed by atoms with Crippen molar-refractivity contribution < 1.29 is 33.4 Å². The summed E-state index contributed by atoms with van der Waals surface area (Å²) in [5.41, 5.74) is 2.36. The Morgan fingerprint density at radius 1 is 1.16 bits per heavy atom. The monoisotopic (exact) mass is 602 g/mol. The van der Waals surface area contributed by atoms with Crippen molar-refractivity contribution in [3.05, 3.63) is 77.2 Å². The molecule has 44 heavy (non-hydrogen) atoms. The molecule has 3 heterocycles. The fourth-order valence-electron chi connectivity index (χ4n) is 5.45. The molecule has 3 aliphatic rings. The minimum atomic E-state index is -0.900. The molecule has 0 spiro atoms. The average molecular weight is 603 g/mol. The van der Waals surface area contributed by atoms with Crippen LogP contribution < -0.4 is 15.4 Å². The van der Waals surface area contributed by atoms with Crippen molar-refractivity contribution >= 4 is 34.7 Å². The number of benzene rings is 2. The van der Waals surface area contributed by atoms with E-state index in [4.69, 9.17) is 9.47 Å². The summed E-state index contributed by atoms with van der Waals surface area (Å²) in [6, 6.07) is 11.6. The molecular weight excluding hydrogens is 567 g/mol. The van der Waals surface area contributed by atoms with Crippen molar-refractivity contribution in [1.82, 2.24) is 20.5 Å². The molecule has 0 bridgehead atoms. The first-order valence-electron chi connectivity index (χ1n) is 14.9. The highest BCUT2D eigenvalue weighted by atomic mass is 19.1. The van der Waals surface area contributed by atoms with Gasteiger partial charge >= 0.3 is 0 Å². The Morgan fingerprint density at radius 2 is 1.98 bits per heavy atom. The van der Waals surface area contributed by atoms with Gasteiger partial charge in [0, 0.05) is 18.4 Å². The number of likely N-dealkylation sites (tertiary alicyclic amines) is 1. The quantitative estimate of drug-likeness (QED) is 0.325. The number of β-amino-alcohol motifs (C(OH)–C–C–N with tert-alkyl or cyclic N) is 1. The Hall–Kier alpha value is -4.35. The molecule has 3 aromatic rings. The number of nitrogens with one attached hydrogen (secondary N) is 2. The first kappa shape index (κ1) is 29.7. The van der Waals surface area contributed by atoms with Crippen molar-refractivity contribution in [3.8, 4) is 5.75 Å². The van der Waals surface area contributed by atoms with Crippen LogP contribution >= 0.6 is 0 Å². The molecule has 230 valence electrons. The van der Waals surface area contributed by atoms with E-state index in [2.05, 4.69) is 27.8 Å². The molecule has 1 aromatic heterocycles. The number of pyridine rings is 1. The molecule has 1 saturated carbocycles. The summed E-state index contributed by atoms with van der Waals surface area (Å²) in [6.07, 6.45) is 5.82. The van der Waals surface area contributed by atoms with Gasteiger partial charge < -0.3 is 30.1 Å². The van der Waals surface area contributed by atoms with Crippen molar-refractivity contribution in [2.75, 3.05) is 26.3 Å². The SMILES string of the molecule is C[C@H](NC(=O)[C@@H]1C[C@@H](O)CN1C(=O)CNC(=O)c1ccc2cc(F)ccc2n1)c1cc(OC2COC2)ccc1/C=C/C1CC1. The third kappa shape index (κ3) is 6.89. The van der Waals surface area contributed by atoms with E-state index in [1.165, 1.54) is 42.0 Å². The first-order chi connectivity index (χ1) is 21.2. The highest BCUT2D eigenvalue weighted by molar-refractivity contribution is 5.97. The molecule has 11 heteroatoms. The summed E-state index contributed by atoms with van der Waals surface area (Å²) in [5.74, 6) is -0.617. The van der Waals surface area contributed by atoms with Crippen molar-refractivity contribution in [3.63, 3.8) is 0 Å². The maximum atomic E-state index is 13.5. The van der Waals surface area contributed by atoms with Gasteiger partial charge in [-0.15, -0.1) is 0 Å². The fourth-order valence-corrected chi connectivity index (χ4v) is 5.45. The second kappa shape index (κ2) is 12.7.